The number of hydrogen-bond donors (Lipinski definition) is 0. The molecule has 1 fully saturated rings. The van der Waals surface area contributed by atoms with Crippen LogP contribution in [0.2, 0.25) is 5.02 Å². The molecule has 1 aliphatic rings. The second kappa shape index (κ2) is 8.09. The molecule has 2 nitrogen and oxygen atoms in total. The maximum absolute atomic E-state index is 12.6. The summed E-state index contributed by atoms with van der Waals surface area (Å²) in [5, 5.41) is 1.15. The van der Waals surface area contributed by atoms with Gasteiger partial charge in [0.15, 0.2) is 0 Å². The Hall–Kier alpha value is -1.45. The molecule has 2 aromatic carbocycles. The number of thioether (sulfide) groups is 1. The summed E-state index contributed by atoms with van der Waals surface area (Å²) in [5.41, 5.74) is 3.66. The van der Waals surface area contributed by atoms with Gasteiger partial charge in [0, 0.05) is 29.1 Å². The van der Waals surface area contributed by atoms with Crippen LogP contribution in [0.5, 0.6) is 0 Å². The molecule has 0 bridgehead atoms. The van der Waals surface area contributed by atoms with Gasteiger partial charge < -0.3 is 4.90 Å². The van der Waals surface area contributed by atoms with E-state index in [1.165, 1.54) is 11.1 Å². The summed E-state index contributed by atoms with van der Waals surface area (Å²) in [6.07, 6.45) is 1.39. The van der Waals surface area contributed by atoms with Crippen molar-refractivity contribution in [2.45, 2.75) is 25.0 Å². The zero-order valence-corrected chi connectivity index (χ0v) is 15.4. The van der Waals surface area contributed by atoms with E-state index in [-0.39, 0.29) is 5.91 Å². The first-order valence-electron chi connectivity index (χ1n) is 8.33. The monoisotopic (exact) mass is 359 g/mol. The number of carbonyl (C=O) groups excluding carboxylic acids is 1. The van der Waals surface area contributed by atoms with Gasteiger partial charge in [-0.25, -0.2) is 0 Å². The van der Waals surface area contributed by atoms with E-state index in [4.69, 9.17) is 11.6 Å². The van der Waals surface area contributed by atoms with Crippen LogP contribution in [-0.2, 0) is 11.2 Å². The van der Waals surface area contributed by atoms with Gasteiger partial charge in [-0.05, 0) is 36.1 Å². The molecule has 126 valence electrons. The Bertz CT molecular complexity index is 718. The molecule has 0 aliphatic carbocycles. The van der Waals surface area contributed by atoms with E-state index in [0.717, 1.165) is 30.8 Å². The number of aryl methyl sites for hydroxylation is 1. The molecule has 0 radical (unpaired) electrons. The van der Waals surface area contributed by atoms with E-state index in [1.807, 2.05) is 40.9 Å². The fourth-order valence-corrected chi connectivity index (χ4v) is 4.66. The van der Waals surface area contributed by atoms with Crippen molar-refractivity contribution in [1.82, 2.24) is 4.90 Å². The number of hydrogen-bond acceptors (Lipinski definition) is 2. The van der Waals surface area contributed by atoms with E-state index >= 15 is 0 Å². The van der Waals surface area contributed by atoms with Gasteiger partial charge in [-0.15, -0.1) is 0 Å². The Labute approximate surface area is 153 Å². The maximum Gasteiger partial charge on any atom is 0.227 e. The Morgan fingerprint density at radius 3 is 2.71 bits per heavy atom. The molecule has 2 aromatic rings. The van der Waals surface area contributed by atoms with Gasteiger partial charge in [-0.3, -0.25) is 4.79 Å². The van der Waals surface area contributed by atoms with E-state index < -0.39 is 0 Å². The lowest BCUT2D eigenvalue weighted by molar-refractivity contribution is -0.130. The first-order chi connectivity index (χ1) is 11.6. The van der Waals surface area contributed by atoms with Gasteiger partial charge in [-0.2, -0.15) is 11.8 Å². The van der Waals surface area contributed by atoms with Crippen LogP contribution in [0.15, 0.2) is 48.5 Å². The van der Waals surface area contributed by atoms with E-state index in [2.05, 4.69) is 31.2 Å². The first-order valence-corrected chi connectivity index (χ1v) is 9.76. The molecule has 1 saturated heterocycles. The molecule has 0 saturated carbocycles. The third-order valence-electron chi connectivity index (χ3n) is 4.53. The van der Waals surface area contributed by atoms with Gasteiger partial charge in [0.25, 0.3) is 0 Å². The topological polar surface area (TPSA) is 20.3 Å². The van der Waals surface area contributed by atoms with Crippen molar-refractivity contribution in [3.8, 4) is 0 Å². The molecule has 1 unspecified atom stereocenters. The summed E-state index contributed by atoms with van der Waals surface area (Å²) >= 11 is 8.15. The van der Waals surface area contributed by atoms with Crippen LogP contribution in [0.4, 0.5) is 0 Å². The fourth-order valence-electron chi connectivity index (χ4n) is 3.13. The molecule has 24 heavy (non-hydrogen) atoms. The Morgan fingerprint density at radius 1 is 1.17 bits per heavy atom. The van der Waals surface area contributed by atoms with Gasteiger partial charge in [-0.1, -0.05) is 54.1 Å². The van der Waals surface area contributed by atoms with Crippen LogP contribution in [0.1, 0.15) is 28.4 Å². The largest absolute Gasteiger partial charge is 0.342 e. The second-order valence-corrected chi connectivity index (χ2v) is 7.87. The van der Waals surface area contributed by atoms with Gasteiger partial charge in [0.05, 0.1) is 6.42 Å². The molecule has 0 aromatic heterocycles. The second-order valence-electron chi connectivity index (χ2n) is 6.15. The molecule has 0 N–H and O–H groups in total. The third kappa shape index (κ3) is 4.14. The minimum atomic E-state index is 0.175. The van der Waals surface area contributed by atoms with Crippen LogP contribution >= 0.6 is 23.4 Å². The molecule has 3 rings (SSSR count). The van der Waals surface area contributed by atoms with Crippen molar-refractivity contribution in [1.29, 1.82) is 0 Å². The predicted molar refractivity (Wildman–Crippen MR) is 103 cm³/mol. The smallest absolute Gasteiger partial charge is 0.227 e. The van der Waals surface area contributed by atoms with Crippen molar-refractivity contribution in [2.75, 3.05) is 18.8 Å². The zero-order valence-electron chi connectivity index (χ0n) is 13.9. The molecular formula is C20H22ClNOS. The number of halogens is 1. The van der Waals surface area contributed by atoms with E-state index in [0.29, 0.717) is 16.7 Å². The van der Waals surface area contributed by atoms with Crippen molar-refractivity contribution < 1.29 is 4.79 Å². The number of nitrogens with zero attached hydrogens (tertiary/aromatic N) is 1. The molecule has 1 amide bonds. The molecule has 1 aliphatic heterocycles. The lowest BCUT2D eigenvalue weighted by Crippen LogP contribution is -2.34. The van der Waals surface area contributed by atoms with E-state index in [1.54, 1.807) is 0 Å². The lowest BCUT2D eigenvalue weighted by Gasteiger charge is -2.21. The fraction of sp³-hybridized carbons (Fsp3) is 0.350. The van der Waals surface area contributed by atoms with Crippen LogP contribution < -0.4 is 0 Å². The highest BCUT2D eigenvalue weighted by Crippen LogP contribution is 2.36. The summed E-state index contributed by atoms with van der Waals surface area (Å²) in [5.74, 6) is 1.15. The summed E-state index contributed by atoms with van der Waals surface area (Å²) < 4.78 is 0. The molecular weight excluding hydrogens is 338 g/mol. The van der Waals surface area contributed by atoms with Crippen molar-refractivity contribution >= 4 is 29.3 Å². The molecule has 1 heterocycles. The average Bonchev–Trinajstić information content (AvgIpc) is 2.83. The summed E-state index contributed by atoms with van der Waals surface area (Å²) in [4.78, 5) is 14.6. The standard InChI is InChI=1S/C20H22ClNOS/c1-15-6-2-4-8-17(15)19-10-11-22(12-13-24-19)20(23)14-16-7-3-5-9-18(16)21/h2-9,19H,10-14H2,1H3. The van der Waals surface area contributed by atoms with Crippen LogP contribution in [-0.4, -0.2) is 29.6 Å². The van der Waals surface area contributed by atoms with Gasteiger partial charge in [0.2, 0.25) is 5.91 Å². The minimum absolute atomic E-state index is 0.175. The third-order valence-corrected chi connectivity index (χ3v) is 6.21. The van der Waals surface area contributed by atoms with Crippen molar-refractivity contribution in [2.24, 2.45) is 0 Å². The highest BCUT2D eigenvalue weighted by Gasteiger charge is 2.23. The molecule has 0 spiro atoms. The zero-order chi connectivity index (χ0) is 16.9. The Morgan fingerprint density at radius 2 is 1.92 bits per heavy atom. The number of benzene rings is 2. The van der Waals surface area contributed by atoms with Gasteiger partial charge in [0.1, 0.15) is 0 Å². The SMILES string of the molecule is Cc1ccccc1C1CCN(C(=O)Cc2ccccc2Cl)CCS1. The molecule has 1 atom stereocenters. The lowest BCUT2D eigenvalue weighted by atomic mass is 10.0. The van der Waals surface area contributed by atoms with Crippen LogP contribution in [0.3, 0.4) is 0 Å². The average molecular weight is 360 g/mol. The Kier molecular flexibility index (Phi) is 5.85. The summed E-state index contributed by atoms with van der Waals surface area (Å²) in [6, 6.07) is 16.2. The van der Waals surface area contributed by atoms with Crippen LogP contribution in [0.25, 0.3) is 0 Å². The summed E-state index contributed by atoms with van der Waals surface area (Å²) in [6.45, 7) is 3.80. The minimum Gasteiger partial charge on any atom is -0.342 e. The number of rotatable bonds is 3. The highest BCUT2D eigenvalue weighted by molar-refractivity contribution is 7.99. The number of carbonyl (C=O) groups is 1. The van der Waals surface area contributed by atoms with Crippen molar-refractivity contribution in [3.63, 3.8) is 0 Å². The van der Waals surface area contributed by atoms with E-state index in [9.17, 15) is 4.79 Å². The quantitative estimate of drug-likeness (QED) is 0.777. The van der Waals surface area contributed by atoms with Crippen molar-refractivity contribution in [3.05, 3.63) is 70.2 Å². The van der Waals surface area contributed by atoms with Crippen LogP contribution in [0, 0.1) is 6.92 Å². The Balaban J connectivity index is 1.64. The first kappa shape index (κ1) is 17.4. The normalized spacial score (nSPS) is 18.2. The summed E-state index contributed by atoms with van der Waals surface area (Å²) in [7, 11) is 0. The molecule has 4 heteroatoms. The maximum atomic E-state index is 12.6. The predicted octanol–water partition coefficient (Wildman–Crippen LogP) is 4.90. The number of amides is 1. The van der Waals surface area contributed by atoms with Gasteiger partial charge >= 0.3 is 0 Å². The highest BCUT2D eigenvalue weighted by atomic mass is 35.5.